The second-order valence-corrected chi connectivity index (χ2v) is 3.24. The fourth-order valence-corrected chi connectivity index (χ4v) is 0.963. The van der Waals surface area contributed by atoms with Crippen LogP contribution in [0.2, 0.25) is 0 Å². The monoisotopic (exact) mass is 138 g/mol. The molecule has 1 aliphatic rings. The first kappa shape index (κ1) is 7.55. The SMILES string of the molecule is COC1C=CC(C)(C)C=C1. The third-order valence-electron chi connectivity index (χ3n) is 1.70. The summed E-state index contributed by atoms with van der Waals surface area (Å²) in [4.78, 5) is 0. The Hall–Kier alpha value is -0.560. The van der Waals surface area contributed by atoms with Crippen molar-refractivity contribution >= 4 is 0 Å². The summed E-state index contributed by atoms with van der Waals surface area (Å²) in [6.07, 6.45) is 8.69. The molecule has 1 nitrogen and oxygen atoms in total. The number of allylic oxidation sites excluding steroid dienone is 2. The van der Waals surface area contributed by atoms with Crippen LogP contribution in [0, 0.1) is 5.41 Å². The van der Waals surface area contributed by atoms with E-state index in [1.165, 1.54) is 0 Å². The highest BCUT2D eigenvalue weighted by Gasteiger charge is 2.14. The van der Waals surface area contributed by atoms with E-state index in [9.17, 15) is 0 Å². The van der Waals surface area contributed by atoms with Crippen LogP contribution in [0.5, 0.6) is 0 Å². The van der Waals surface area contributed by atoms with E-state index in [2.05, 4.69) is 38.2 Å². The minimum atomic E-state index is 0.188. The van der Waals surface area contributed by atoms with Gasteiger partial charge in [0.15, 0.2) is 0 Å². The summed E-state index contributed by atoms with van der Waals surface area (Å²) in [7, 11) is 1.72. The molecular formula is C9H14O. The first-order valence-corrected chi connectivity index (χ1v) is 3.55. The molecule has 0 atom stereocenters. The summed E-state index contributed by atoms with van der Waals surface area (Å²) >= 11 is 0. The number of methoxy groups -OCH3 is 1. The van der Waals surface area contributed by atoms with Crippen LogP contribution in [0.4, 0.5) is 0 Å². The zero-order valence-corrected chi connectivity index (χ0v) is 6.79. The Bertz CT molecular complexity index is 150. The maximum Gasteiger partial charge on any atom is 0.0934 e. The summed E-state index contributed by atoms with van der Waals surface area (Å²) in [5, 5.41) is 0. The Morgan fingerprint density at radius 1 is 1.20 bits per heavy atom. The molecule has 0 aromatic carbocycles. The maximum atomic E-state index is 5.11. The van der Waals surface area contributed by atoms with Crippen LogP contribution in [0.1, 0.15) is 13.8 Å². The lowest BCUT2D eigenvalue weighted by molar-refractivity contribution is 0.174. The quantitative estimate of drug-likeness (QED) is 0.504. The van der Waals surface area contributed by atoms with Crippen molar-refractivity contribution in [2.45, 2.75) is 20.0 Å². The van der Waals surface area contributed by atoms with Gasteiger partial charge in [0, 0.05) is 12.5 Å². The molecule has 1 aliphatic carbocycles. The average molecular weight is 138 g/mol. The van der Waals surface area contributed by atoms with Gasteiger partial charge in [0.25, 0.3) is 0 Å². The van der Waals surface area contributed by atoms with Crippen molar-refractivity contribution in [3.8, 4) is 0 Å². The van der Waals surface area contributed by atoms with E-state index in [-0.39, 0.29) is 11.5 Å². The van der Waals surface area contributed by atoms with E-state index in [1.54, 1.807) is 7.11 Å². The molecule has 0 bridgehead atoms. The lowest BCUT2D eigenvalue weighted by Gasteiger charge is -2.20. The Morgan fingerprint density at radius 2 is 1.70 bits per heavy atom. The highest BCUT2D eigenvalue weighted by molar-refractivity contribution is 5.19. The van der Waals surface area contributed by atoms with Crippen LogP contribution >= 0.6 is 0 Å². The Kier molecular flexibility index (Phi) is 1.95. The second-order valence-electron chi connectivity index (χ2n) is 3.24. The Morgan fingerprint density at radius 3 is 2.10 bits per heavy atom. The van der Waals surface area contributed by atoms with Gasteiger partial charge < -0.3 is 4.74 Å². The van der Waals surface area contributed by atoms with Crippen LogP contribution in [-0.4, -0.2) is 13.2 Å². The molecule has 1 heteroatoms. The molecule has 0 aromatic heterocycles. The number of hydrogen-bond donors (Lipinski definition) is 0. The summed E-state index contributed by atoms with van der Waals surface area (Å²) in [6.45, 7) is 4.34. The highest BCUT2D eigenvalue weighted by Crippen LogP contribution is 2.23. The van der Waals surface area contributed by atoms with E-state index < -0.39 is 0 Å². The minimum Gasteiger partial charge on any atom is -0.373 e. The number of hydrogen-bond acceptors (Lipinski definition) is 1. The first-order chi connectivity index (χ1) is 4.64. The van der Waals surface area contributed by atoms with Gasteiger partial charge >= 0.3 is 0 Å². The highest BCUT2D eigenvalue weighted by atomic mass is 16.5. The molecule has 56 valence electrons. The molecule has 10 heavy (non-hydrogen) atoms. The molecule has 0 aliphatic heterocycles. The van der Waals surface area contributed by atoms with Crippen LogP contribution in [0.15, 0.2) is 24.3 Å². The molecule has 0 spiro atoms. The van der Waals surface area contributed by atoms with E-state index in [0.29, 0.717) is 0 Å². The predicted molar refractivity (Wildman–Crippen MR) is 42.9 cm³/mol. The Labute approximate surface area is 62.4 Å². The topological polar surface area (TPSA) is 9.23 Å². The molecule has 0 radical (unpaired) electrons. The lowest BCUT2D eigenvalue weighted by atomic mass is 9.88. The van der Waals surface area contributed by atoms with Crippen molar-refractivity contribution in [2.75, 3.05) is 7.11 Å². The molecular weight excluding hydrogens is 124 g/mol. The van der Waals surface area contributed by atoms with Gasteiger partial charge in [-0.3, -0.25) is 0 Å². The van der Waals surface area contributed by atoms with Crippen molar-refractivity contribution in [1.29, 1.82) is 0 Å². The van der Waals surface area contributed by atoms with Gasteiger partial charge in [-0.25, -0.2) is 0 Å². The van der Waals surface area contributed by atoms with Crippen molar-refractivity contribution in [3.63, 3.8) is 0 Å². The third-order valence-corrected chi connectivity index (χ3v) is 1.70. The van der Waals surface area contributed by atoms with Gasteiger partial charge in [-0.1, -0.05) is 38.2 Å². The van der Waals surface area contributed by atoms with Gasteiger partial charge in [0.1, 0.15) is 0 Å². The summed E-state index contributed by atoms with van der Waals surface area (Å²) < 4.78 is 5.11. The van der Waals surface area contributed by atoms with Crippen molar-refractivity contribution in [2.24, 2.45) is 5.41 Å². The van der Waals surface area contributed by atoms with Gasteiger partial charge in [0.05, 0.1) is 6.10 Å². The van der Waals surface area contributed by atoms with E-state index in [4.69, 9.17) is 4.74 Å². The molecule has 0 heterocycles. The molecule has 0 amide bonds. The lowest BCUT2D eigenvalue weighted by Crippen LogP contribution is -2.13. The van der Waals surface area contributed by atoms with E-state index >= 15 is 0 Å². The summed E-state index contributed by atoms with van der Waals surface area (Å²) in [5.74, 6) is 0. The van der Waals surface area contributed by atoms with Gasteiger partial charge in [-0.15, -0.1) is 0 Å². The molecule has 0 saturated heterocycles. The molecule has 0 aromatic rings. The minimum absolute atomic E-state index is 0.188. The Balaban J connectivity index is 2.62. The van der Waals surface area contributed by atoms with Crippen molar-refractivity contribution in [1.82, 2.24) is 0 Å². The zero-order chi connectivity index (χ0) is 7.61. The van der Waals surface area contributed by atoms with Crippen LogP contribution in [0.25, 0.3) is 0 Å². The predicted octanol–water partition coefficient (Wildman–Crippen LogP) is 2.15. The van der Waals surface area contributed by atoms with Crippen molar-refractivity contribution < 1.29 is 4.74 Å². The number of rotatable bonds is 1. The first-order valence-electron chi connectivity index (χ1n) is 3.55. The van der Waals surface area contributed by atoms with Gasteiger partial charge in [-0.05, 0) is 0 Å². The smallest absolute Gasteiger partial charge is 0.0934 e. The summed E-state index contributed by atoms with van der Waals surface area (Å²) in [6, 6.07) is 0. The van der Waals surface area contributed by atoms with Crippen LogP contribution in [0.3, 0.4) is 0 Å². The van der Waals surface area contributed by atoms with E-state index in [0.717, 1.165) is 0 Å². The normalized spacial score (nSPS) is 23.5. The molecule has 0 N–H and O–H groups in total. The standard InChI is InChI=1S/C9H14O/c1-9(2)6-4-8(10-3)5-7-9/h4-8H,1-3H3. The van der Waals surface area contributed by atoms with Crippen LogP contribution < -0.4 is 0 Å². The number of ether oxygens (including phenoxy) is 1. The largest absolute Gasteiger partial charge is 0.373 e. The van der Waals surface area contributed by atoms with Gasteiger partial charge in [-0.2, -0.15) is 0 Å². The van der Waals surface area contributed by atoms with Crippen LogP contribution in [-0.2, 0) is 4.74 Å². The average Bonchev–Trinajstić information content (AvgIpc) is 1.88. The molecule has 0 fully saturated rings. The fourth-order valence-electron chi connectivity index (χ4n) is 0.963. The summed E-state index contributed by atoms with van der Waals surface area (Å²) in [5.41, 5.74) is 0.217. The third kappa shape index (κ3) is 1.71. The maximum absolute atomic E-state index is 5.11. The molecule has 1 rings (SSSR count). The molecule has 0 unspecified atom stereocenters. The zero-order valence-electron chi connectivity index (χ0n) is 6.79. The molecule has 0 saturated carbocycles. The van der Waals surface area contributed by atoms with E-state index in [1.807, 2.05) is 0 Å². The fraction of sp³-hybridized carbons (Fsp3) is 0.556. The van der Waals surface area contributed by atoms with Crippen molar-refractivity contribution in [3.05, 3.63) is 24.3 Å². The van der Waals surface area contributed by atoms with Gasteiger partial charge in [0.2, 0.25) is 0 Å². The second kappa shape index (κ2) is 2.59.